The van der Waals surface area contributed by atoms with E-state index < -0.39 is 9.84 Å². The van der Waals surface area contributed by atoms with Gasteiger partial charge in [0.25, 0.3) is 0 Å². The third kappa shape index (κ3) is 2.30. The van der Waals surface area contributed by atoms with E-state index in [2.05, 4.69) is 9.97 Å². The average molecular weight is 325 g/mol. The van der Waals surface area contributed by atoms with Gasteiger partial charge >= 0.3 is 0 Å². The van der Waals surface area contributed by atoms with Crippen molar-refractivity contribution in [2.75, 3.05) is 6.26 Å². The van der Waals surface area contributed by atoms with Crippen LogP contribution in [0.4, 0.5) is 0 Å². The third-order valence-corrected chi connectivity index (χ3v) is 5.07. The van der Waals surface area contributed by atoms with Crippen LogP contribution in [0.15, 0.2) is 34.0 Å². The summed E-state index contributed by atoms with van der Waals surface area (Å²) in [6, 6.07) is 5.15. The molecule has 1 N–H and O–H groups in total. The van der Waals surface area contributed by atoms with Gasteiger partial charge in [0.05, 0.1) is 33.7 Å². The predicted octanol–water partition coefficient (Wildman–Crippen LogP) is 2.61. The van der Waals surface area contributed by atoms with Crippen LogP contribution < -0.4 is 0 Å². The Hall–Kier alpha value is -1.51. The van der Waals surface area contributed by atoms with Crippen molar-refractivity contribution in [2.45, 2.75) is 11.4 Å². The molecule has 3 rings (SSSR count). The largest absolute Gasteiger partial charge is 0.329 e. The number of rotatable bonds is 3. The fraction of sp³-hybridized carbons (Fsp3) is 0.167. The molecule has 0 radical (unpaired) electrons. The Kier molecular flexibility index (Phi) is 3.23. The van der Waals surface area contributed by atoms with Gasteiger partial charge in [-0.1, -0.05) is 6.07 Å². The first-order chi connectivity index (χ1) is 9.47. The minimum atomic E-state index is -3.30. The van der Waals surface area contributed by atoms with E-state index in [0.717, 1.165) is 11.2 Å². The fourth-order valence-electron chi connectivity index (χ4n) is 2.10. The van der Waals surface area contributed by atoms with Gasteiger partial charge in [-0.15, -0.1) is 11.3 Å². The van der Waals surface area contributed by atoms with Crippen molar-refractivity contribution in [1.29, 1.82) is 0 Å². The summed E-state index contributed by atoms with van der Waals surface area (Å²) in [5, 5.41) is 1.95. The van der Waals surface area contributed by atoms with E-state index in [1.807, 2.05) is 16.0 Å². The Morgan fingerprint density at radius 2 is 2.25 bits per heavy atom. The third-order valence-electron chi connectivity index (χ3n) is 2.98. The number of para-hydroxylation sites is 1. The lowest BCUT2D eigenvalue weighted by Gasteiger charge is -2.03. The maximum absolute atomic E-state index is 11.8. The molecule has 0 saturated heterocycles. The number of sulfone groups is 1. The highest BCUT2D eigenvalue weighted by atomic mass is 32.2. The van der Waals surface area contributed by atoms with E-state index in [0.29, 0.717) is 16.8 Å². The first-order valence-corrected chi connectivity index (χ1v) is 9.00. The molecule has 2 heterocycles. The molecule has 0 unspecified atom stereocenters. The molecule has 104 valence electrons. The predicted molar refractivity (Wildman–Crippen MR) is 81.4 cm³/mol. The first kappa shape index (κ1) is 13.5. The molecule has 3 aromatic rings. The number of thiazole rings is 1. The van der Waals surface area contributed by atoms with E-state index in [1.165, 1.54) is 17.6 Å². The SMILES string of the molecule is CS(=O)(=O)c1cccc2c1[nH]c(=S)n2Cc1cscn1. The number of H-pyrrole nitrogens is 1. The number of fused-ring (bicyclic) bond motifs is 1. The van der Waals surface area contributed by atoms with Gasteiger partial charge in [-0.05, 0) is 24.4 Å². The van der Waals surface area contributed by atoms with Gasteiger partial charge in [0.2, 0.25) is 0 Å². The Morgan fingerprint density at radius 3 is 2.90 bits per heavy atom. The summed E-state index contributed by atoms with van der Waals surface area (Å²) in [6.07, 6.45) is 1.19. The molecule has 5 nitrogen and oxygen atoms in total. The zero-order valence-corrected chi connectivity index (χ0v) is 13.0. The van der Waals surface area contributed by atoms with Crippen LogP contribution in [0.5, 0.6) is 0 Å². The molecule has 0 fully saturated rings. The van der Waals surface area contributed by atoms with Gasteiger partial charge in [-0.25, -0.2) is 13.4 Å². The van der Waals surface area contributed by atoms with Crippen molar-refractivity contribution >= 4 is 44.4 Å². The Bertz CT molecular complexity index is 921. The van der Waals surface area contributed by atoms with Crippen LogP contribution in [0.25, 0.3) is 11.0 Å². The topological polar surface area (TPSA) is 67.8 Å². The van der Waals surface area contributed by atoms with Crippen molar-refractivity contribution in [1.82, 2.24) is 14.5 Å². The molecule has 0 atom stereocenters. The van der Waals surface area contributed by atoms with Crippen LogP contribution >= 0.6 is 23.6 Å². The lowest BCUT2D eigenvalue weighted by atomic mass is 10.3. The first-order valence-electron chi connectivity index (χ1n) is 5.75. The van der Waals surface area contributed by atoms with Crippen LogP contribution in [-0.4, -0.2) is 29.2 Å². The van der Waals surface area contributed by atoms with Gasteiger partial charge in [-0.2, -0.15) is 0 Å². The smallest absolute Gasteiger partial charge is 0.178 e. The number of hydrogen-bond donors (Lipinski definition) is 1. The van der Waals surface area contributed by atoms with Crippen molar-refractivity contribution in [3.63, 3.8) is 0 Å². The molecule has 0 saturated carbocycles. The quantitative estimate of drug-likeness (QED) is 0.752. The van der Waals surface area contributed by atoms with Gasteiger partial charge in [0.1, 0.15) is 0 Å². The minimum absolute atomic E-state index is 0.262. The molecular formula is C12H11N3O2S3. The van der Waals surface area contributed by atoms with Crippen LogP contribution in [0.2, 0.25) is 0 Å². The van der Waals surface area contributed by atoms with Crippen LogP contribution in [-0.2, 0) is 16.4 Å². The van der Waals surface area contributed by atoms with Crippen molar-refractivity contribution in [2.24, 2.45) is 0 Å². The van der Waals surface area contributed by atoms with E-state index in [9.17, 15) is 8.42 Å². The monoisotopic (exact) mass is 325 g/mol. The lowest BCUT2D eigenvalue weighted by Crippen LogP contribution is -2.01. The highest BCUT2D eigenvalue weighted by Crippen LogP contribution is 2.23. The molecule has 2 aromatic heterocycles. The second-order valence-electron chi connectivity index (χ2n) is 4.42. The van der Waals surface area contributed by atoms with Crippen LogP contribution in [0, 0.1) is 4.77 Å². The maximum Gasteiger partial charge on any atom is 0.178 e. The minimum Gasteiger partial charge on any atom is -0.329 e. The normalized spacial score (nSPS) is 12.1. The second kappa shape index (κ2) is 4.80. The summed E-state index contributed by atoms with van der Waals surface area (Å²) >= 11 is 6.81. The summed E-state index contributed by atoms with van der Waals surface area (Å²) in [5.41, 5.74) is 3.98. The molecule has 0 aliphatic heterocycles. The fourth-order valence-corrected chi connectivity index (χ4v) is 3.76. The molecule has 0 spiro atoms. The molecule has 8 heteroatoms. The van der Waals surface area contributed by atoms with Crippen molar-refractivity contribution in [3.8, 4) is 0 Å². The zero-order valence-electron chi connectivity index (χ0n) is 10.5. The van der Waals surface area contributed by atoms with Gasteiger partial charge in [-0.3, -0.25) is 0 Å². The molecule has 20 heavy (non-hydrogen) atoms. The number of imidazole rings is 1. The Morgan fingerprint density at radius 1 is 1.45 bits per heavy atom. The van der Waals surface area contributed by atoms with Crippen LogP contribution in [0.1, 0.15) is 5.69 Å². The van der Waals surface area contributed by atoms with Crippen molar-refractivity contribution in [3.05, 3.63) is 39.6 Å². The molecular weight excluding hydrogens is 314 g/mol. The summed E-state index contributed by atoms with van der Waals surface area (Å²) < 4.78 is 26.0. The summed E-state index contributed by atoms with van der Waals surface area (Å²) in [4.78, 5) is 7.48. The molecule has 0 aliphatic rings. The standard InChI is InChI=1S/C12H11N3O2S3/c1-20(16,17)10-4-2-3-9-11(10)14-12(18)15(9)5-8-6-19-7-13-8/h2-4,6-7H,5H2,1H3,(H,14,18). The lowest BCUT2D eigenvalue weighted by molar-refractivity contribution is 0.602. The van der Waals surface area contributed by atoms with Gasteiger partial charge < -0.3 is 9.55 Å². The average Bonchev–Trinajstić information content (AvgIpc) is 2.97. The van der Waals surface area contributed by atoms with E-state index >= 15 is 0 Å². The summed E-state index contributed by atoms with van der Waals surface area (Å²) in [7, 11) is -3.30. The van der Waals surface area contributed by atoms with E-state index in [4.69, 9.17) is 12.2 Å². The van der Waals surface area contributed by atoms with E-state index in [1.54, 1.807) is 17.6 Å². The van der Waals surface area contributed by atoms with Crippen LogP contribution in [0.3, 0.4) is 0 Å². The highest BCUT2D eigenvalue weighted by Gasteiger charge is 2.15. The Labute approximate surface area is 124 Å². The molecule has 0 amide bonds. The molecule has 0 bridgehead atoms. The van der Waals surface area contributed by atoms with Gasteiger partial charge in [0.15, 0.2) is 14.6 Å². The number of benzene rings is 1. The second-order valence-corrected chi connectivity index (χ2v) is 7.51. The molecule has 1 aromatic carbocycles. The molecule has 0 aliphatic carbocycles. The Balaban J connectivity index is 2.25. The number of nitrogens with zero attached hydrogens (tertiary/aromatic N) is 2. The number of aromatic amines is 1. The highest BCUT2D eigenvalue weighted by molar-refractivity contribution is 7.91. The summed E-state index contributed by atoms with van der Waals surface area (Å²) in [6.45, 7) is 0.523. The number of nitrogens with one attached hydrogen (secondary N) is 1. The zero-order chi connectivity index (χ0) is 14.3. The number of hydrogen-bond acceptors (Lipinski definition) is 5. The van der Waals surface area contributed by atoms with Crippen molar-refractivity contribution < 1.29 is 8.42 Å². The maximum atomic E-state index is 11.8. The summed E-state index contributed by atoms with van der Waals surface area (Å²) in [5.74, 6) is 0. The van der Waals surface area contributed by atoms with Gasteiger partial charge in [0, 0.05) is 11.6 Å². The number of aromatic nitrogens is 3. The van der Waals surface area contributed by atoms with E-state index in [-0.39, 0.29) is 4.90 Å².